The molecule has 21 heavy (non-hydrogen) atoms. The fourth-order valence-corrected chi connectivity index (χ4v) is 3.12. The third-order valence-corrected chi connectivity index (χ3v) is 4.23. The molecule has 0 spiro atoms. The van der Waals surface area contributed by atoms with E-state index in [0.29, 0.717) is 11.1 Å². The number of benzene rings is 1. The van der Waals surface area contributed by atoms with Crippen LogP contribution in [0.5, 0.6) is 0 Å². The molecule has 0 heterocycles. The number of sulfonamides is 1. The molecule has 1 rings (SSSR count). The quantitative estimate of drug-likeness (QED) is 0.564. The van der Waals surface area contributed by atoms with Crippen molar-refractivity contribution < 1.29 is 17.9 Å². The Morgan fingerprint density at radius 2 is 2.14 bits per heavy atom. The lowest BCUT2D eigenvalue weighted by Crippen LogP contribution is -2.40. The fourth-order valence-electron chi connectivity index (χ4n) is 1.66. The second-order valence-corrected chi connectivity index (χ2v) is 6.61. The maximum absolute atomic E-state index is 12.0. The second kappa shape index (κ2) is 7.48. The maximum atomic E-state index is 12.0. The number of carbonyl (C=O) groups is 1. The van der Waals surface area contributed by atoms with Crippen LogP contribution in [0.15, 0.2) is 24.3 Å². The van der Waals surface area contributed by atoms with Crippen molar-refractivity contribution in [2.75, 3.05) is 6.61 Å². The molecule has 3 N–H and O–H groups in total. The van der Waals surface area contributed by atoms with Crippen molar-refractivity contribution in [3.63, 3.8) is 0 Å². The van der Waals surface area contributed by atoms with Gasteiger partial charge in [-0.2, -0.15) is 0 Å². The normalized spacial score (nSPS) is 12.7. The average molecular weight is 330 g/mol. The number of nitrogens with two attached hydrogens (primary N) is 1. The molecule has 0 saturated carbocycles. The minimum atomic E-state index is -3.67. The summed E-state index contributed by atoms with van der Waals surface area (Å²) in [5, 5.41) is 0. The van der Waals surface area contributed by atoms with Gasteiger partial charge in [0.1, 0.15) is 11.0 Å². The van der Waals surface area contributed by atoms with Crippen LogP contribution in [-0.2, 0) is 25.3 Å². The van der Waals surface area contributed by atoms with Crippen molar-refractivity contribution in [1.82, 2.24) is 4.72 Å². The Balaban J connectivity index is 2.79. The summed E-state index contributed by atoms with van der Waals surface area (Å²) >= 11 is 4.85. The highest BCUT2D eigenvalue weighted by Gasteiger charge is 2.21. The summed E-state index contributed by atoms with van der Waals surface area (Å²) in [7, 11) is -3.67. The average Bonchev–Trinajstić information content (AvgIpc) is 2.38. The van der Waals surface area contributed by atoms with E-state index in [1.54, 1.807) is 31.2 Å². The van der Waals surface area contributed by atoms with Gasteiger partial charge < -0.3 is 10.5 Å². The summed E-state index contributed by atoms with van der Waals surface area (Å²) in [6.45, 7) is 3.28. The molecule has 0 fully saturated rings. The number of thiocarbonyl (C=S) groups is 1. The van der Waals surface area contributed by atoms with E-state index in [-0.39, 0.29) is 17.3 Å². The molecule has 0 bridgehead atoms. The Kier molecular flexibility index (Phi) is 6.25. The number of hydrogen-bond donors (Lipinski definition) is 2. The van der Waals surface area contributed by atoms with Crippen LogP contribution < -0.4 is 10.5 Å². The minimum Gasteiger partial charge on any atom is -0.465 e. The van der Waals surface area contributed by atoms with Crippen molar-refractivity contribution in [2.24, 2.45) is 5.73 Å². The van der Waals surface area contributed by atoms with Gasteiger partial charge in [0.05, 0.1) is 12.4 Å². The van der Waals surface area contributed by atoms with E-state index < -0.39 is 22.0 Å². The lowest BCUT2D eigenvalue weighted by molar-refractivity contribution is -0.144. The Morgan fingerprint density at radius 3 is 2.71 bits per heavy atom. The van der Waals surface area contributed by atoms with E-state index in [2.05, 4.69) is 4.72 Å². The molecule has 1 atom stereocenters. The number of carbonyl (C=O) groups excluding carboxylic acids is 1. The molecule has 0 saturated heterocycles. The van der Waals surface area contributed by atoms with E-state index in [1.807, 2.05) is 0 Å². The summed E-state index contributed by atoms with van der Waals surface area (Å²) in [5.41, 5.74) is 6.63. The number of ether oxygens (including phenoxy) is 1. The number of rotatable bonds is 7. The summed E-state index contributed by atoms with van der Waals surface area (Å²) < 4.78 is 31.1. The predicted octanol–water partition coefficient (Wildman–Crippen LogP) is 0.692. The van der Waals surface area contributed by atoms with Crippen LogP contribution in [0.2, 0.25) is 0 Å². The number of hydrogen-bond acceptors (Lipinski definition) is 5. The van der Waals surface area contributed by atoms with Gasteiger partial charge >= 0.3 is 5.97 Å². The van der Waals surface area contributed by atoms with Crippen LogP contribution in [0.1, 0.15) is 25.0 Å². The molecule has 116 valence electrons. The second-order valence-electron chi connectivity index (χ2n) is 4.42. The van der Waals surface area contributed by atoms with Crippen molar-refractivity contribution in [3.05, 3.63) is 35.4 Å². The van der Waals surface area contributed by atoms with Crippen LogP contribution in [0, 0.1) is 0 Å². The molecule has 0 aliphatic carbocycles. The van der Waals surface area contributed by atoms with Gasteiger partial charge in [-0.3, -0.25) is 4.79 Å². The first-order valence-electron chi connectivity index (χ1n) is 6.30. The molecule has 0 aliphatic rings. The SMILES string of the molecule is CCOC(=O)C(C)NS(=O)(=O)Cc1cccc(C(N)=S)c1. The van der Waals surface area contributed by atoms with Crippen LogP contribution in [0.3, 0.4) is 0 Å². The van der Waals surface area contributed by atoms with Gasteiger partial charge in [0.15, 0.2) is 0 Å². The van der Waals surface area contributed by atoms with E-state index in [9.17, 15) is 13.2 Å². The van der Waals surface area contributed by atoms with Crippen molar-refractivity contribution >= 4 is 33.2 Å². The highest BCUT2D eigenvalue weighted by atomic mass is 32.2. The molecule has 1 unspecified atom stereocenters. The highest BCUT2D eigenvalue weighted by Crippen LogP contribution is 2.09. The standard InChI is InChI=1S/C13H18N2O4S2/c1-3-19-13(16)9(2)15-21(17,18)8-10-5-4-6-11(7-10)12(14)20/h4-7,9,15H,3,8H2,1-2H3,(H2,14,20). The number of esters is 1. The van der Waals surface area contributed by atoms with E-state index >= 15 is 0 Å². The van der Waals surface area contributed by atoms with Crippen LogP contribution in [0.25, 0.3) is 0 Å². The van der Waals surface area contributed by atoms with E-state index in [1.165, 1.54) is 6.92 Å². The molecule has 1 aromatic carbocycles. The predicted molar refractivity (Wildman–Crippen MR) is 84.2 cm³/mol. The van der Waals surface area contributed by atoms with Crippen LogP contribution in [0.4, 0.5) is 0 Å². The van der Waals surface area contributed by atoms with Gasteiger partial charge in [-0.25, -0.2) is 13.1 Å². The minimum absolute atomic E-state index is 0.195. The Bertz CT molecular complexity index is 629. The fraction of sp³-hybridized carbons (Fsp3) is 0.385. The van der Waals surface area contributed by atoms with Gasteiger partial charge in [0, 0.05) is 5.56 Å². The molecule has 0 aromatic heterocycles. The first-order valence-corrected chi connectivity index (χ1v) is 8.36. The molecule has 8 heteroatoms. The Morgan fingerprint density at radius 1 is 1.48 bits per heavy atom. The van der Waals surface area contributed by atoms with Crippen LogP contribution >= 0.6 is 12.2 Å². The first kappa shape index (κ1) is 17.5. The third kappa shape index (κ3) is 5.78. The zero-order chi connectivity index (χ0) is 16.0. The Labute approximate surface area is 129 Å². The summed E-state index contributed by atoms with van der Waals surface area (Å²) in [5.74, 6) is -0.884. The zero-order valence-electron chi connectivity index (χ0n) is 11.8. The molecule has 6 nitrogen and oxygen atoms in total. The topological polar surface area (TPSA) is 98.5 Å². The monoisotopic (exact) mass is 330 g/mol. The van der Waals surface area contributed by atoms with Crippen molar-refractivity contribution in [3.8, 4) is 0 Å². The largest absolute Gasteiger partial charge is 0.465 e. The Hall–Kier alpha value is -1.51. The van der Waals surface area contributed by atoms with Crippen molar-refractivity contribution in [2.45, 2.75) is 25.6 Å². The van der Waals surface area contributed by atoms with Crippen LogP contribution in [-0.4, -0.2) is 32.0 Å². The van der Waals surface area contributed by atoms with Gasteiger partial charge in [-0.05, 0) is 25.5 Å². The maximum Gasteiger partial charge on any atom is 0.323 e. The van der Waals surface area contributed by atoms with Gasteiger partial charge in [0.2, 0.25) is 10.0 Å². The molecule has 1 aromatic rings. The summed E-state index contributed by atoms with van der Waals surface area (Å²) in [6, 6.07) is 5.70. The zero-order valence-corrected chi connectivity index (χ0v) is 13.5. The first-order chi connectivity index (χ1) is 9.75. The molecule has 0 aliphatic heterocycles. The third-order valence-electron chi connectivity index (χ3n) is 2.56. The van der Waals surface area contributed by atoms with Gasteiger partial charge in [-0.1, -0.05) is 30.4 Å². The van der Waals surface area contributed by atoms with E-state index in [0.717, 1.165) is 0 Å². The van der Waals surface area contributed by atoms with Crippen molar-refractivity contribution in [1.29, 1.82) is 0 Å². The smallest absolute Gasteiger partial charge is 0.323 e. The van der Waals surface area contributed by atoms with Gasteiger partial charge in [-0.15, -0.1) is 0 Å². The molecule has 0 amide bonds. The lowest BCUT2D eigenvalue weighted by Gasteiger charge is -2.13. The molecular weight excluding hydrogens is 312 g/mol. The lowest BCUT2D eigenvalue weighted by atomic mass is 10.1. The van der Waals surface area contributed by atoms with Gasteiger partial charge in [0.25, 0.3) is 0 Å². The summed E-state index contributed by atoms with van der Waals surface area (Å²) in [6.07, 6.45) is 0. The molecular formula is C13H18N2O4S2. The van der Waals surface area contributed by atoms with E-state index in [4.69, 9.17) is 22.7 Å². The summed E-state index contributed by atoms with van der Waals surface area (Å²) in [4.78, 5) is 11.6. The molecule has 0 radical (unpaired) electrons. The highest BCUT2D eigenvalue weighted by molar-refractivity contribution is 7.88. The number of nitrogens with one attached hydrogen (secondary N) is 1.